The summed E-state index contributed by atoms with van der Waals surface area (Å²) >= 11 is 0. The van der Waals surface area contributed by atoms with Gasteiger partial charge < -0.3 is 9.47 Å². The zero-order valence-corrected chi connectivity index (χ0v) is 16.4. The molecule has 150 valence electrons. The molecule has 2 amide bonds. The normalized spacial score (nSPS) is 12.0. The summed E-state index contributed by atoms with van der Waals surface area (Å²) in [7, 11) is 0. The van der Waals surface area contributed by atoms with Gasteiger partial charge in [0.25, 0.3) is 11.8 Å². The molecule has 0 radical (unpaired) electrons. The molecule has 0 heterocycles. The molecule has 2 aromatic carbocycles. The SMILES string of the molecule is CC(Oc1ccc(F)cc1)C(=O)NNC(=O)COc1ccccc1C(C)(C)C. The van der Waals surface area contributed by atoms with Crippen molar-refractivity contribution in [2.75, 3.05) is 6.61 Å². The Labute approximate surface area is 164 Å². The number of carbonyl (C=O) groups excluding carboxylic acids is 2. The molecule has 1 atom stereocenters. The average Bonchev–Trinajstić information content (AvgIpc) is 2.65. The van der Waals surface area contributed by atoms with E-state index in [1.165, 1.54) is 31.2 Å². The van der Waals surface area contributed by atoms with E-state index in [9.17, 15) is 14.0 Å². The number of nitrogens with one attached hydrogen (secondary N) is 2. The predicted molar refractivity (Wildman–Crippen MR) is 103 cm³/mol. The summed E-state index contributed by atoms with van der Waals surface area (Å²) in [6, 6.07) is 12.8. The number of hydrogen-bond donors (Lipinski definition) is 2. The third-order valence-electron chi connectivity index (χ3n) is 3.87. The number of halogens is 1. The van der Waals surface area contributed by atoms with E-state index >= 15 is 0 Å². The minimum absolute atomic E-state index is 0.131. The predicted octanol–water partition coefficient (Wildman–Crippen LogP) is 3.12. The maximum atomic E-state index is 12.9. The molecular formula is C21H25FN2O4. The van der Waals surface area contributed by atoms with Gasteiger partial charge in [-0.15, -0.1) is 0 Å². The first kappa shape index (κ1) is 21.2. The lowest BCUT2D eigenvalue weighted by Crippen LogP contribution is -2.48. The van der Waals surface area contributed by atoms with Gasteiger partial charge in [0.1, 0.15) is 17.3 Å². The van der Waals surface area contributed by atoms with Crippen molar-refractivity contribution in [3.8, 4) is 11.5 Å². The van der Waals surface area contributed by atoms with Gasteiger partial charge in [-0.05, 0) is 48.2 Å². The number of para-hydroxylation sites is 1. The quantitative estimate of drug-likeness (QED) is 0.746. The van der Waals surface area contributed by atoms with Crippen LogP contribution in [0.25, 0.3) is 0 Å². The summed E-state index contributed by atoms with van der Waals surface area (Å²) in [5.41, 5.74) is 5.41. The van der Waals surface area contributed by atoms with Crippen LogP contribution in [0.5, 0.6) is 11.5 Å². The molecule has 28 heavy (non-hydrogen) atoms. The van der Waals surface area contributed by atoms with Crippen LogP contribution in [0, 0.1) is 5.82 Å². The summed E-state index contributed by atoms with van der Waals surface area (Å²) in [6.07, 6.45) is -0.881. The number of hydrogen-bond acceptors (Lipinski definition) is 4. The van der Waals surface area contributed by atoms with Crippen LogP contribution >= 0.6 is 0 Å². The molecule has 2 N–H and O–H groups in total. The summed E-state index contributed by atoms with van der Waals surface area (Å²) in [6.45, 7) is 7.43. The second kappa shape index (κ2) is 9.21. The number of benzene rings is 2. The molecule has 6 nitrogen and oxygen atoms in total. The number of carbonyl (C=O) groups is 2. The van der Waals surface area contributed by atoms with Gasteiger partial charge in [0.2, 0.25) is 0 Å². The van der Waals surface area contributed by atoms with E-state index in [-0.39, 0.29) is 12.0 Å². The van der Waals surface area contributed by atoms with E-state index in [1.807, 2.05) is 18.2 Å². The lowest BCUT2D eigenvalue weighted by Gasteiger charge is -2.22. The van der Waals surface area contributed by atoms with Gasteiger partial charge in [-0.3, -0.25) is 20.4 Å². The lowest BCUT2D eigenvalue weighted by molar-refractivity contribution is -0.133. The molecule has 1 unspecified atom stereocenters. The Bertz CT molecular complexity index is 816. The van der Waals surface area contributed by atoms with E-state index in [0.717, 1.165) is 5.56 Å². The smallest absolute Gasteiger partial charge is 0.279 e. The van der Waals surface area contributed by atoms with Crippen LogP contribution < -0.4 is 20.3 Å². The highest BCUT2D eigenvalue weighted by Gasteiger charge is 2.19. The van der Waals surface area contributed by atoms with Gasteiger partial charge in [-0.2, -0.15) is 0 Å². The second-order valence-corrected chi connectivity index (χ2v) is 7.29. The third-order valence-corrected chi connectivity index (χ3v) is 3.87. The van der Waals surface area contributed by atoms with Crippen LogP contribution in [0.15, 0.2) is 48.5 Å². The number of hydrazine groups is 1. The van der Waals surface area contributed by atoms with Gasteiger partial charge in [0.15, 0.2) is 12.7 Å². The Morgan fingerprint density at radius 1 is 1.04 bits per heavy atom. The van der Waals surface area contributed by atoms with E-state index in [0.29, 0.717) is 11.5 Å². The van der Waals surface area contributed by atoms with E-state index in [4.69, 9.17) is 9.47 Å². The Hall–Kier alpha value is -3.09. The van der Waals surface area contributed by atoms with Crippen LogP contribution in [0.2, 0.25) is 0 Å². The highest BCUT2D eigenvalue weighted by Crippen LogP contribution is 2.30. The topological polar surface area (TPSA) is 76.7 Å². The van der Waals surface area contributed by atoms with Crippen LogP contribution in [-0.2, 0) is 15.0 Å². The minimum Gasteiger partial charge on any atom is -0.483 e. The molecule has 2 aromatic rings. The molecule has 0 aliphatic carbocycles. The van der Waals surface area contributed by atoms with Gasteiger partial charge in [-0.25, -0.2) is 4.39 Å². The van der Waals surface area contributed by atoms with Crippen LogP contribution in [0.3, 0.4) is 0 Å². The highest BCUT2D eigenvalue weighted by atomic mass is 19.1. The Morgan fingerprint density at radius 2 is 1.68 bits per heavy atom. The van der Waals surface area contributed by atoms with E-state index in [1.54, 1.807) is 6.07 Å². The maximum absolute atomic E-state index is 12.9. The van der Waals surface area contributed by atoms with Crippen molar-refractivity contribution in [2.45, 2.75) is 39.2 Å². The molecular weight excluding hydrogens is 363 g/mol. The second-order valence-electron chi connectivity index (χ2n) is 7.29. The van der Waals surface area contributed by atoms with Gasteiger partial charge >= 0.3 is 0 Å². The maximum Gasteiger partial charge on any atom is 0.279 e. The molecule has 0 aromatic heterocycles. The molecule has 0 aliphatic rings. The molecule has 7 heteroatoms. The highest BCUT2D eigenvalue weighted by molar-refractivity contribution is 5.85. The first-order valence-corrected chi connectivity index (χ1v) is 8.90. The average molecular weight is 388 g/mol. The van der Waals surface area contributed by atoms with Crippen molar-refractivity contribution >= 4 is 11.8 Å². The van der Waals surface area contributed by atoms with Crippen molar-refractivity contribution in [2.24, 2.45) is 0 Å². The largest absolute Gasteiger partial charge is 0.483 e. The van der Waals surface area contributed by atoms with Crippen molar-refractivity contribution in [3.05, 3.63) is 59.9 Å². The van der Waals surface area contributed by atoms with Crippen molar-refractivity contribution in [3.63, 3.8) is 0 Å². The monoisotopic (exact) mass is 388 g/mol. The fourth-order valence-corrected chi connectivity index (χ4v) is 2.40. The molecule has 0 saturated heterocycles. The first-order chi connectivity index (χ1) is 13.2. The number of rotatable bonds is 6. The van der Waals surface area contributed by atoms with Gasteiger partial charge in [0.05, 0.1) is 0 Å². The Morgan fingerprint density at radius 3 is 2.32 bits per heavy atom. The first-order valence-electron chi connectivity index (χ1n) is 8.90. The summed E-state index contributed by atoms with van der Waals surface area (Å²) in [5.74, 6) is -0.495. The molecule has 0 spiro atoms. The fraction of sp³-hybridized carbons (Fsp3) is 0.333. The standard InChI is InChI=1S/C21H25FN2O4/c1-14(28-16-11-9-15(22)10-12-16)20(26)24-23-19(25)13-27-18-8-6-5-7-17(18)21(2,3)4/h5-12,14H,13H2,1-4H3,(H,23,25)(H,24,26). The molecule has 2 rings (SSSR count). The number of amides is 2. The van der Waals surface area contributed by atoms with Crippen molar-refractivity contribution in [1.29, 1.82) is 0 Å². The third kappa shape index (κ3) is 6.26. The molecule has 0 fully saturated rings. The fourth-order valence-electron chi connectivity index (χ4n) is 2.40. The zero-order valence-electron chi connectivity index (χ0n) is 16.4. The Kier molecular flexibility index (Phi) is 6.98. The minimum atomic E-state index is -0.881. The van der Waals surface area contributed by atoms with Crippen molar-refractivity contribution < 1.29 is 23.5 Å². The molecule has 0 aliphatic heterocycles. The van der Waals surface area contributed by atoms with Crippen LogP contribution in [-0.4, -0.2) is 24.5 Å². The van der Waals surface area contributed by atoms with E-state index < -0.39 is 23.7 Å². The summed E-state index contributed by atoms with van der Waals surface area (Å²) in [5, 5.41) is 0. The summed E-state index contributed by atoms with van der Waals surface area (Å²) < 4.78 is 23.9. The lowest BCUT2D eigenvalue weighted by atomic mass is 9.86. The van der Waals surface area contributed by atoms with Crippen molar-refractivity contribution in [1.82, 2.24) is 10.9 Å². The van der Waals surface area contributed by atoms with Crippen LogP contribution in [0.1, 0.15) is 33.3 Å². The van der Waals surface area contributed by atoms with Crippen LogP contribution in [0.4, 0.5) is 4.39 Å². The molecule has 0 bridgehead atoms. The zero-order chi connectivity index (χ0) is 20.7. The van der Waals surface area contributed by atoms with Gasteiger partial charge in [-0.1, -0.05) is 39.0 Å². The van der Waals surface area contributed by atoms with Gasteiger partial charge in [0, 0.05) is 0 Å². The molecule has 0 saturated carbocycles. The number of ether oxygens (including phenoxy) is 2. The summed E-state index contributed by atoms with van der Waals surface area (Å²) in [4.78, 5) is 24.0. The van der Waals surface area contributed by atoms with E-state index in [2.05, 4.69) is 31.6 Å². The Balaban J connectivity index is 1.81.